The summed E-state index contributed by atoms with van der Waals surface area (Å²) in [5.41, 5.74) is 1.07. The van der Waals surface area contributed by atoms with Crippen LogP contribution in [0.3, 0.4) is 0 Å². The highest BCUT2D eigenvalue weighted by molar-refractivity contribution is 8.33. The van der Waals surface area contributed by atoms with Gasteiger partial charge < -0.3 is 0 Å². The third-order valence-corrected chi connectivity index (χ3v) is 7.09. The zero-order valence-electron chi connectivity index (χ0n) is 9.25. The van der Waals surface area contributed by atoms with E-state index in [4.69, 9.17) is 0 Å². The van der Waals surface area contributed by atoms with Crippen molar-refractivity contribution in [2.45, 2.75) is 0 Å². The first-order valence-corrected chi connectivity index (χ1v) is 8.72. The molecule has 18 heavy (non-hydrogen) atoms. The van der Waals surface area contributed by atoms with Crippen LogP contribution in [0.1, 0.15) is 5.56 Å². The molecule has 0 bridgehead atoms. The van der Waals surface area contributed by atoms with E-state index in [0.29, 0.717) is 0 Å². The van der Waals surface area contributed by atoms with Crippen molar-refractivity contribution in [1.82, 2.24) is 0 Å². The van der Waals surface area contributed by atoms with Gasteiger partial charge >= 0.3 is 0 Å². The number of thioether (sulfide) groups is 4. The first-order chi connectivity index (χ1) is 8.92. The molecule has 1 aromatic carbocycles. The molecule has 0 unspecified atom stereocenters. The van der Waals surface area contributed by atoms with Crippen LogP contribution in [0.5, 0.6) is 0 Å². The van der Waals surface area contributed by atoms with E-state index in [1.807, 2.05) is 30.3 Å². The summed E-state index contributed by atoms with van der Waals surface area (Å²) in [6.45, 7) is 0. The average Bonchev–Trinajstić information content (AvgIpc) is 3.08. The van der Waals surface area contributed by atoms with Crippen LogP contribution in [0.25, 0.3) is 0 Å². The Morgan fingerprint density at radius 3 is 2.33 bits per heavy atom. The van der Waals surface area contributed by atoms with Gasteiger partial charge in [0.1, 0.15) is 0 Å². The lowest BCUT2D eigenvalue weighted by atomic mass is 10.2. The SMILES string of the molecule is C(#Cc1ccccc1)C1=CSC(=C2SC=CS2)S1. The average molecular weight is 304 g/mol. The molecule has 1 aromatic rings. The maximum Gasteiger partial charge on any atom is 0.0707 e. The highest BCUT2D eigenvalue weighted by atomic mass is 32.2. The van der Waals surface area contributed by atoms with E-state index in [1.54, 1.807) is 47.0 Å². The normalized spacial score (nSPS) is 17.7. The molecule has 0 amide bonds. The van der Waals surface area contributed by atoms with Gasteiger partial charge in [0.15, 0.2) is 0 Å². The minimum Gasteiger partial charge on any atom is -0.0884 e. The fourth-order valence-corrected chi connectivity index (χ4v) is 5.61. The second kappa shape index (κ2) is 6.03. The molecule has 0 fully saturated rings. The van der Waals surface area contributed by atoms with Crippen molar-refractivity contribution in [3.05, 3.63) is 65.5 Å². The molecule has 0 aromatic heterocycles. The molecule has 0 nitrogen and oxygen atoms in total. The van der Waals surface area contributed by atoms with E-state index >= 15 is 0 Å². The maximum absolute atomic E-state index is 3.23. The highest BCUT2D eigenvalue weighted by Gasteiger charge is 2.17. The van der Waals surface area contributed by atoms with Gasteiger partial charge in [-0.2, -0.15) is 0 Å². The molecule has 3 rings (SSSR count). The minimum absolute atomic E-state index is 1.07. The molecule has 0 saturated heterocycles. The third kappa shape index (κ3) is 3.04. The number of hydrogen-bond donors (Lipinski definition) is 0. The molecule has 88 valence electrons. The zero-order valence-corrected chi connectivity index (χ0v) is 12.5. The fourth-order valence-electron chi connectivity index (χ4n) is 1.36. The molecule has 2 heterocycles. The van der Waals surface area contributed by atoms with Crippen LogP contribution in [0.2, 0.25) is 0 Å². The fraction of sp³-hybridized carbons (Fsp3) is 0. The summed E-state index contributed by atoms with van der Waals surface area (Å²) in [6, 6.07) is 10.1. The lowest BCUT2D eigenvalue weighted by Crippen LogP contribution is -1.71. The van der Waals surface area contributed by atoms with Crippen molar-refractivity contribution in [2.75, 3.05) is 0 Å². The summed E-state index contributed by atoms with van der Waals surface area (Å²) in [5.74, 6) is 6.42. The van der Waals surface area contributed by atoms with Crippen molar-refractivity contribution in [3.63, 3.8) is 0 Å². The van der Waals surface area contributed by atoms with Crippen molar-refractivity contribution < 1.29 is 0 Å². The van der Waals surface area contributed by atoms with Gasteiger partial charge in [0, 0.05) is 5.56 Å². The van der Waals surface area contributed by atoms with E-state index in [2.05, 4.69) is 28.1 Å². The quantitative estimate of drug-likeness (QED) is 0.585. The number of hydrogen-bond acceptors (Lipinski definition) is 4. The number of rotatable bonds is 0. The molecule has 0 radical (unpaired) electrons. The van der Waals surface area contributed by atoms with Gasteiger partial charge in [0.05, 0.1) is 13.4 Å². The van der Waals surface area contributed by atoms with Crippen LogP contribution in [-0.2, 0) is 0 Å². The smallest absolute Gasteiger partial charge is 0.0707 e. The van der Waals surface area contributed by atoms with E-state index in [-0.39, 0.29) is 0 Å². The van der Waals surface area contributed by atoms with Crippen LogP contribution in [-0.4, -0.2) is 0 Å². The van der Waals surface area contributed by atoms with Crippen molar-refractivity contribution in [2.24, 2.45) is 0 Å². The third-order valence-electron chi connectivity index (χ3n) is 2.15. The molecular weight excluding hydrogens is 296 g/mol. The van der Waals surface area contributed by atoms with E-state index in [1.165, 1.54) is 8.47 Å². The van der Waals surface area contributed by atoms with Gasteiger partial charge in [-0.1, -0.05) is 77.1 Å². The zero-order chi connectivity index (χ0) is 12.2. The predicted molar refractivity (Wildman–Crippen MR) is 87.9 cm³/mol. The lowest BCUT2D eigenvalue weighted by Gasteiger charge is -1.98. The van der Waals surface area contributed by atoms with Gasteiger partial charge in [-0.25, -0.2) is 0 Å². The van der Waals surface area contributed by atoms with Crippen LogP contribution in [0.15, 0.2) is 59.9 Å². The Morgan fingerprint density at radius 1 is 0.778 bits per heavy atom. The Bertz CT molecular complexity index is 590. The minimum atomic E-state index is 1.07. The van der Waals surface area contributed by atoms with Crippen molar-refractivity contribution in [1.29, 1.82) is 0 Å². The second-order valence-corrected chi connectivity index (χ2v) is 7.68. The molecule has 2 aliphatic heterocycles. The molecule has 0 atom stereocenters. The predicted octanol–water partition coefficient (Wildman–Crippen LogP) is 5.44. The van der Waals surface area contributed by atoms with Gasteiger partial charge in [-0.3, -0.25) is 0 Å². The number of benzene rings is 1. The maximum atomic E-state index is 3.23. The molecule has 0 saturated carbocycles. The van der Waals surface area contributed by atoms with Crippen LogP contribution in [0, 0.1) is 11.8 Å². The van der Waals surface area contributed by atoms with Gasteiger partial charge in [-0.05, 0) is 28.4 Å². The Labute approximate surface area is 124 Å². The molecule has 0 N–H and O–H groups in total. The van der Waals surface area contributed by atoms with Crippen molar-refractivity contribution >= 4 is 47.0 Å². The van der Waals surface area contributed by atoms with E-state index < -0.39 is 0 Å². The summed E-state index contributed by atoms with van der Waals surface area (Å²) in [4.78, 5) is 1.14. The van der Waals surface area contributed by atoms with E-state index in [0.717, 1.165) is 10.5 Å². The Balaban J connectivity index is 1.70. The monoisotopic (exact) mass is 304 g/mol. The Kier molecular flexibility index (Phi) is 4.16. The number of allylic oxidation sites excluding steroid dienone is 1. The summed E-state index contributed by atoms with van der Waals surface area (Å²) in [5, 5.41) is 6.39. The largest absolute Gasteiger partial charge is 0.0884 e. The lowest BCUT2D eigenvalue weighted by molar-refractivity contribution is 1.65. The summed E-state index contributed by atoms with van der Waals surface area (Å²) in [7, 11) is 0. The van der Waals surface area contributed by atoms with Gasteiger partial charge in [0.2, 0.25) is 0 Å². The van der Waals surface area contributed by atoms with Crippen LogP contribution < -0.4 is 0 Å². The van der Waals surface area contributed by atoms with Crippen molar-refractivity contribution in [3.8, 4) is 11.8 Å². The van der Waals surface area contributed by atoms with Gasteiger partial charge in [-0.15, -0.1) is 0 Å². The first kappa shape index (κ1) is 12.4. The Morgan fingerprint density at radius 2 is 1.56 bits per heavy atom. The molecular formula is C14H8S4. The molecule has 2 aliphatic rings. The summed E-state index contributed by atoms with van der Waals surface area (Å²) < 4.78 is 2.73. The molecule has 4 heteroatoms. The summed E-state index contributed by atoms with van der Waals surface area (Å²) >= 11 is 7.14. The van der Waals surface area contributed by atoms with E-state index in [9.17, 15) is 0 Å². The molecule has 0 aliphatic carbocycles. The summed E-state index contributed by atoms with van der Waals surface area (Å²) in [6.07, 6.45) is 0. The first-order valence-electron chi connectivity index (χ1n) is 5.26. The standard InChI is InChI=1S/C14H8S4/c1-2-4-11(5-3-1)6-7-12-10-17-14(18-12)13-15-8-9-16-13/h1-5,8-10H. The second-order valence-electron chi connectivity index (χ2n) is 3.40. The highest BCUT2D eigenvalue weighted by Crippen LogP contribution is 2.52. The van der Waals surface area contributed by atoms with Crippen LogP contribution in [0.4, 0.5) is 0 Å². The molecule has 0 spiro atoms. The van der Waals surface area contributed by atoms with Crippen LogP contribution >= 0.6 is 47.0 Å². The van der Waals surface area contributed by atoms with Gasteiger partial charge in [0.25, 0.3) is 0 Å². The topological polar surface area (TPSA) is 0 Å². The Hall–Kier alpha value is -0.600.